The second-order valence-electron chi connectivity index (χ2n) is 8.34. The molecule has 0 radical (unpaired) electrons. The maximum Gasteiger partial charge on any atom is 0.236 e. The molecule has 1 aliphatic carbocycles. The van der Waals surface area contributed by atoms with Crippen LogP contribution in [-0.2, 0) is 4.57 Å². The summed E-state index contributed by atoms with van der Waals surface area (Å²) in [5.74, 6) is -0.189. The Balaban J connectivity index is 1.66. The van der Waals surface area contributed by atoms with Crippen molar-refractivity contribution in [1.82, 2.24) is 5.32 Å². The normalized spacial score (nSPS) is 20.4. The minimum absolute atomic E-state index is 0.103. The maximum absolute atomic E-state index is 14.2. The van der Waals surface area contributed by atoms with E-state index in [-0.39, 0.29) is 12.0 Å². The third-order valence-corrected chi connectivity index (χ3v) is 8.85. The zero-order valence-corrected chi connectivity index (χ0v) is 18.8. The van der Waals surface area contributed by atoms with E-state index in [1.807, 2.05) is 92.0 Å². The van der Waals surface area contributed by atoms with Crippen molar-refractivity contribution in [3.8, 4) is 0 Å². The summed E-state index contributed by atoms with van der Waals surface area (Å²) in [5, 5.41) is 5.99. The largest absolute Gasteiger partial charge is 0.341 e. The third-order valence-electron chi connectivity index (χ3n) is 6.53. The van der Waals surface area contributed by atoms with Crippen LogP contribution >= 0.6 is 7.37 Å². The van der Waals surface area contributed by atoms with Crippen molar-refractivity contribution in [3.63, 3.8) is 0 Å². The smallest absolute Gasteiger partial charge is 0.236 e. The molecule has 0 aliphatic heterocycles. The van der Waals surface area contributed by atoms with Crippen molar-refractivity contribution in [2.75, 3.05) is 7.05 Å². The van der Waals surface area contributed by atoms with E-state index >= 15 is 0 Å². The molecule has 1 aliphatic rings. The Morgan fingerprint density at radius 2 is 1.53 bits per heavy atom. The van der Waals surface area contributed by atoms with Gasteiger partial charge < -0.3 is 10.2 Å². The lowest BCUT2D eigenvalue weighted by Crippen LogP contribution is -2.34. The lowest BCUT2D eigenvalue weighted by Gasteiger charge is -2.38. The highest BCUT2D eigenvalue weighted by molar-refractivity contribution is 7.67. The SMILES string of the molecule is CN[C@H](c1ccccc1)[C@H]1c2ccccc2C=C[C@H]1P(=O)(O)c1ccc2ccccc2c1. The second-order valence-corrected chi connectivity index (χ2v) is 10.7. The molecule has 32 heavy (non-hydrogen) atoms. The summed E-state index contributed by atoms with van der Waals surface area (Å²) in [6, 6.07) is 31.8. The van der Waals surface area contributed by atoms with Crippen LogP contribution in [0.3, 0.4) is 0 Å². The molecule has 2 N–H and O–H groups in total. The molecule has 4 aromatic rings. The number of hydrogen-bond acceptors (Lipinski definition) is 2. The van der Waals surface area contributed by atoms with Crippen LogP contribution in [0.5, 0.6) is 0 Å². The summed E-state index contributed by atoms with van der Waals surface area (Å²) in [4.78, 5) is 11.6. The van der Waals surface area contributed by atoms with Gasteiger partial charge in [0.25, 0.3) is 0 Å². The van der Waals surface area contributed by atoms with Crippen molar-refractivity contribution >= 4 is 29.5 Å². The van der Waals surface area contributed by atoms with Gasteiger partial charge in [-0.3, -0.25) is 4.57 Å². The average Bonchev–Trinajstić information content (AvgIpc) is 2.85. The van der Waals surface area contributed by atoms with Crippen molar-refractivity contribution in [1.29, 1.82) is 0 Å². The molecule has 0 saturated carbocycles. The van der Waals surface area contributed by atoms with Crippen molar-refractivity contribution in [3.05, 3.63) is 120 Å². The van der Waals surface area contributed by atoms with Gasteiger partial charge in [0.05, 0.1) is 5.66 Å². The van der Waals surface area contributed by atoms with Crippen molar-refractivity contribution in [2.24, 2.45) is 0 Å². The lowest BCUT2D eigenvalue weighted by molar-refractivity contribution is 0.434. The summed E-state index contributed by atoms with van der Waals surface area (Å²) >= 11 is 0. The summed E-state index contributed by atoms with van der Waals surface area (Å²) in [6.45, 7) is 0. The minimum atomic E-state index is -3.75. The minimum Gasteiger partial charge on any atom is -0.341 e. The molecule has 1 unspecified atom stereocenters. The van der Waals surface area contributed by atoms with E-state index in [0.29, 0.717) is 5.30 Å². The molecule has 5 rings (SSSR count). The molecule has 4 aromatic carbocycles. The predicted molar refractivity (Wildman–Crippen MR) is 134 cm³/mol. The summed E-state index contributed by atoms with van der Waals surface area (Å²) in [7, 11) is -1.83. The monoisotopic (exact) mass is 439 g/mol. The van der Waals surface area contributed by atoms with Gasteiger partial charge in [-0.2, -0.15) is 0 Å². The first-order chi connectivity index (χ1) is 15.6. The Morgan fingerprint density at radius 3 is 2.31 bits per heavy atom. The molecule has 0 heterocycles. The van der Waals surface area contributed by atoms with Crippen molar-refractivity contribution in [2.45, 2.75) is 17.6 Å². The molecular weight excluding hydrogens is 413 g/mol. The Bertz CT molecular complexity index is 1330. The van der Waals surface area contributed by atoms with Crippen LogP contribution in [0.2, 0.25) is 0 Å². The van der Waals surface area contributed by atoms with Crippen LogP contribution in [-0.4, -0.2) is 17.6 Å². The molecule has 0 saturated heterocycles. The Hall–Kier alpha value is -2.97. The molecule has 0 fully saturated rings. The quantitative estimate of drug-likeness (QED) is 0.382. The molecule has 0 aromatic heterocycles. The zero-order chi connectivity index (χ0) is 22.1. The van der Waals surface area contributed by atoms with E-state index in [0.717, 1.165) is 27.5 Å². The Morgan fingerprint density at radius 1 is 0.844 bits per heavy atom. The van der Waals surface area contributed by atoms with E-state index in [1.54, 1.807) is 0 Å². The predicted octanol–water partition coefficient (Wildman–Crippen LogP) is 5.88. The van der Waals surface area contributed by atoms with E-state index in [4.69, 9.17) is 0 Å². The van der Waals surface area contributed by atoms with E-state index in [1.165, 1.54) is 0 Å². The third kappa shape index (κ3) is 3.63. The lowest BCUT2D eigenvalue weighted by atomic mass is 9.79. The van der Waals surface area contributed by atoms with Crippen LogP contribution in [0.1, 0.15) is 28.7 Å². The maximum atomic E-state index is 14.2. The number of nitrogens with one attached hydrogen (secondary N) is 1. The fourth-order valence-electron chi connectivity index (χ4n) is 4.95. The Kier molecular flexibility index (Phi) is 5.57. The first-order valence-corrected chi connectivity index (χ1v) is 12.6. The van der Waals surface area contributed by atoms with Gasteiger partial charge in [0.1, 0.15) is 0 Å². The highest BCUT2D eigenvalue weighted by atomic mass is 31.2. The number of fused-ring (bicyclic) bond motifs is 2. The van der Waals surface area contributed by atoms with Gasteiger partial charge in [-0.1, -0.05) is 97.1 Å². The highest BCUT2D eigenvalue weighted by Gasteiger charge is 2.43. The van der Waals surface area contributed by atoms with E-state index in [9.17, 15) is 9.46 Å². The summed E-state index contributed by atoms with van der Waals surface area (Å²) in [6.07, 6.45) is 3.94. The van der Waals surface area contributed by atoms with Gasteiger partial charge >= 0.3 is 0 Å². The van der Waals surface area contributed by atoms with Gasteiger partial charge in [-0.15, -0.1) is 0 Å². The van der Waals surface area contributed by atoms with Gasteiger partial charge in [0, 0.05) is 17.3 Å². The molecular formula is C28H26NO2P. The fourth-order valence-corrected chi connectivity index (χ4v) is 6.99. The average molecular weight is 439 g/mol. The standard InChI is InChI=1S/C28H26NO2P/c1-29-28(22-11-3-2-4-12-22)27-25-14-8-7-10-21(25)16-18-26(27)32(30,31)24-17-15-20-9-5-6-13-23(20)19-24/h2-19,26-29H,1H3,(H,30,31)/t26-,27+,28-/m1/s1. The van der Waals surface area contributed by atoms with E-state index in [2.05, 4.69) is 29.6 Å². The molecule has 4 atom stereocenters. The van der Waals surface area contributed by atoms with Gasteiger partial charge in [0.15, 0.2) is 0 Å². The van der Waals surface area contributed by atoms with Crippen LogP contribution in [0.4, 0.5) is 0 Å². The highest BCUT2D eigenvalue weighted by Crippen LogP contribution is 2.57. The van der Waals surface area contributed by atoms with E-state index < -0.39 is 13.0 Å². The van der Waals surface area contributed by atoms with Gasteiger partial charge in [-0.05, 0) is 46.6 Å². The fraction of sp³-hybridized carbons (Fsp3) is 0.143. The molecule has 3 nitrogen and oxygen atoms in total. The number of allylic oxidation sites excluding steroid dienone is 1. The van der Waals surface area contributed by atoms with Crippen LogP contribution in [0.15, 0.2) is 103 Å². The number of hydrogen-bond donors (Lipinski definition) is 2. The molecule has 4 heteroatoms. The number of rotatable bonds is 5. The topological polar surface area (TPSA) is 49.3 Å². The first kappa shape index (κ1) is 20.9. The molecule has 0 amide bonds. The first-order valence-electron chi connectivity index (χ1n) is 10.9. The molecule has 0 spiro atoms. The van der Waals surface area contributed by atoms with Gasteiger partial charge in [0.2, 0.25) is 7.37 Å². The van der Waals surface area contributed by atoms with Crippen LogP contribution in [0.25, 0.3) is 16.8 Å². The molecule has 0 bridgehead atoms. The summed E-state index contributed by atoms with van der Waals surface area (Å²) in [5.41, 5.74) is 2.76. The van der Waals surface area contributed by atoms with Crippen molar-refractivity contribution < 1.29 is 9.46 Å². The second kappa shape index (κ2) is 8.52. The van der Waals surface area contributed by atoms with Gasteiger partial charge in [-0.25, -0.2) is 0 Å². The number of likely N-dealkylation sites (N-methyl/N-ethyl adjacent to an activating group) is 1. The molecule has 160 valence electrons. The number of benzene rings is 4. The zero-order valence-electron chi connectivity index (χ0n) is 17.9. The Labute approximate surface area is 188 Å². The summed E-state index contributed by atoms with van der Waals surface area (Å²) < 4.78 is 14.2. The van der Waals surface area contributed by atoms with Crippen LogP contribution in [0, 0.1) is 0 Å². The van der Waals surface area contributed by atoms with Crippen LogP contribution < -0.4 is 10.6 Å².